The van der Waals surface area contributed by atoms with E-state index in [2.05, 4.69) is 10.4 Å². The van der Waals surface area contributed by atoms with Gasteiger partial charge in [-0.05, 0) is 22.9 Å². The first-order valence-corrected chi connectivity index (χ1v) is 6.35. The Balaban J connectivity index is 2.11. The lowest BCUT2D eigenvalue weighted by molar-refractivity contribution is -0.132. The quantitative estimate of drug-likeness (QED) is 0.588. The van der Waals surface area contributed by atoms with E-state index in [4.69, 9.17) is 14.9 Å². The molecule has 1 N–H and O–H groups in total. The number of benzene rings is 2. The van der Waals surface area contributed by atoms with Gasteiger partial charge in [-0.25, -0.2) is 4.79 Å². The Kier molecular flexibility index (Phi) is 3.38. The van der Waals surface area contributed by atoms with Crippen LogP contribution in [0, 0.1) is 11.3 Å². The van der Waals surface area contributed by atoms with Crippen molar-refractivity contribution in [2.45, 2.75) is 0 Å². The predicted molar refractivity (Wildman–Crippen MR) is 78.5 cm³/mol. The Morgan fingerprint density at radius 3 is 2.73 bits per heavy atom. The number of nitriles is 1. The second-order valence-corrected chi connectivity index (χ2v) is 4.52. The number of carboxylic acid groups (broad SMARTS) is 1. The molecule has 106 valence electrons. The molecule has 3 aromatic rings. The van der Waals surface area contributed by atoms with Crippen LogP contribution in [0.15, 0.2) is 52.6 Å². The molecule has 0 spiro atoms. The van der Waals surface area contributed by atoms with Crippen LogP contribution in [0.5, 0.6) is 0 Å². The molecule has 0 radical (unpaired) electrons. The standard InChI is InChI=1S/C16H9N3O3/c17-9-13(16(20)21)8-14-15(22-19-18-14)12-6-5-10-3-1-2-4-11(10)7-12/h1-8H,(H,20,21). The first-order chi connectivity index (χ1) is 10.7. The van der Waals surface area contributed by atoms with E-state index < -0.39 is 11.5 Å². The number of nitrogens with zero attached hydrogens (tertiary/aromatic N) is 3. The van der Waals surface area contributed by atoms with Gasteiger partial charge in [-0.1, -0.05) is 36.4 Å². The number of carboxylic acids is 1. The number of rotatable bonds is 3. The van der Waals surface area contributed by atoms with E-state index in [-0.39, 0.29) is 5.69 Å². The van der Waals surface area contributed by atoms with E-state index in [0.717, 1.165) is 16.8 Å². The number of hydrogen-bond donors (Lipinski definition) is 1. The van der Waals surface area contributed by atoms with Crippen LogP contribution in [0.3, 0.4) is 0 Å². The summed E-state index contributed by atoms with van der Waals surface area (Å²) in [7, 11) is 0. The smallest absolute Gasteiger partial charge is 0.346 e. The van der Waals surface area contributed by atoms with Crippen molar-refractivity contribution in [1.29, 1.82) is 5.26 Å². The van der Waals surface area contributed by atoms with Gasteiger partial charge in [0.05, 0.1) is 0 Å². The first kappa shape index (κ1) is 13.5. The lowest BCUT2D eigenvalue weighted by Crippen LogP contribution is -1.97. The van der Waals surface area contributed by atoms with E-state index in [1.54, 1.807) is 6.07 Å². The van der Waals surface area contributed by atoms with E-state index >= 15 is 0 Å². The highest BCUT2D eigenvalue weighted by Gasteiger charge is 2.15. The fourth-order valence-electron chi connectivity index (χ4n) is 2.10. The monoisotopic (exact) mass is 291 g/mol. The zero-order chi connectivity index (χ0) is 15.5. The zero-order valence-corrected chi connectivity index (χ0v) is 11.2. The summed E-state index contributed by atoms with van der Waals surface area (Å²) >= 11 is 0. The average molecular weight is 291 g/mol. The number of aliphatic carboxylic acids is 1. The van der Waals surface area contributed by atoms with Crippen LogP contribution in [0.4, 0.5) is 0 Å². The van der Waals surface area contributed by atoms with Gasteiger partial charge in [0.2, 0.25) is 0 Å². The van der Waals surface area contributed by atoms with Gasteiger partial charge < -0.3 is 9.63 Å². The van der Waals surface area contributed by atoms with Crippen molar-refractivity contribution in [1.82, 2.24) is 10.4 Å². The fourth-order valence-corrected chi connectivity index (χ4v) is 2.10. The molecule has 3 rings (SSSR count). The molecule has 0 atom stereocenters. The molecule has 1 aromatic heterocycles. The SMILES string of the molecule is N#CC(=Cc1nnoc1-c1ccc2ccccc2c1)C(=O)O. The molecule has 0 bridgehead atoms. The molecule has 1 heterocycles. The Bertz CT molecular complexity index is 935. The van der Waals surface area contributed by atoms with Crippen LogP contribution in [-0.4, -0.2) is 21.4 Å². The van der Waals surface area contributed by atoms with Crippen molar-refractivity contribution >= 4 is 22.8 Å². The average Bonchev–Trinajstić information content (AvgIpc) is 3.00. The third kappa shape index (κ3) is 2.43. The predicted octanol–water partition coefficient (Wildman–Crippen LogP) is 2.88. The molecule has 0 fully saturated rings. The molecular formula is C16H9N3O3. The van der Waals surface area contributed by atoms with Crippen LogP contribution >= 0.6 is 0 Å². The van der Waals surface area contributed by atoms with Gasteiger partial charge in [0.1, 0.15) is 17.3 Å². The minimum Gasteiger partial charge on any atom is -0.477 e. The summed E-state index contributed by atoms with van der Waals surface area (Å²) in [6, 6.07) is 15.0. The minimum absolute atomic E-state index is 0.203. The van der Waals surface area contributed by atoms with E-state index in [1.165, 1.54) is 0 Å². The van der Waals surface area contributed by atoms with Gasteiger partial charge in [-0.15, -0.1) is 5.10 Å². The Hall–Kier alpha value is -3.46. The number of fused-ring (bicyclic) bond motifs is 1. The normalized spacial score (nSPS) is 11.3. The summed E-state index contributed by atoms with van der Waals surface area (Å²) in [5, 5.41) is 27.0. The van der Waals surface area contributed by atoms with Crippen LogP contribution < -0.4 is 0 Å². The Morgan fingerprint density at radius 1 is 1.23 bits per heavy atom. The van der Waals surface area contributed by atoms with Crippen molar-refractivity contribution in [3.05, 3.63) is 53.7 Å². The summed E-state index contributed by atoms with van der Waals surface area (Å²) < 4.78 is 5.12. The molecule has 0 unspecified atom stereocenters. The summed E-state index contributed by atoms with van der Waals surface area (Å²) in [5.74, 6) is -1.00. The van der Waals surface area contributed by atoms with Gasteiger partial charge in [0.25, 0.3) is 0 Å². The second kappa shape index (κ2) is 5.50. The van der Waals surface area contributed by atoms with Crippen LogP contribution in [-0.2, 0) is 4.79 Å². The van der Waals surface area contributed by atoms with Gasteiger partial charge in [0.15, 0.2) is 5.76 Å². The molecule has 6 heteroatoms. The maximum atomic E-state index is 10.9. The summed E-state index contributed by atoms with van der Waals surface area (Å²) in [5.41, 5.74) is 0.476. The molecule has 22 heavy (non-hydrogen) atoms. The molecule has 6 nitrogen and oxygen atoms in total. The highest BCUT2D eigenvalue weighted by atomic mass is 16.5. The molecule has 0 aliphatic heterocycles. The summed E-state index contributed by atoms with van der Waals surface area (Å²) in [6.45, 7) is 0. The van der Waals surface area contributed by atoms with Gasteiger partial charge in [-0.2, -0.15) is 5.26 Å². The fraction of sp³-hybridized carbons (Fsp3) is 0. The minimum atomic E-state index is -1.32. The summed E-state index contributed by atoms with van der Waals surface area (Å²) in [6.07, 6.45) is 1.14. The maximum Gasteiger partial charge on any atom is 0.346 e. The summed E-state index contributed by atoms with van der Waals surface area (Å²) in [4.78, 5) is 10.9. The molecule has 0 amide bonds. The first-order valence-electron chi connectivity index (χ1n) is 6.35. The third-order valence-electron chi connectivity index (χ3n) is 3.16. The zero-order valence-electron chi connectivity index (χ0n) is 11.2. The largest absolute Gasteiger partial charge is 0.477 e. The van der Waals surface area contributed by atoms with E-state index in [1.807, 2.05) is 42.5 Å². The topological polar surface area (TPSA) is 100 Å². The van der Waals surface area contributed by atoms with E-state index in [0.29, 0.717) is 11.3 Å². The maximum absolute atomic E-state index is 10.9. The highest BCUT2D eigenvalue weighted by molar-refractivity contribution is 5.97. The number of aromatic nitrogens is 2. The molecule has 0 aliphatic rings. The Morgan fingerprint density at radius 2 is 2.00 bits per heavy atom. The van der Waals surface area contributed by atoms with Crippen LogP contribution in [0.2, 0.25) is 0 Å². The van der Waals surface area contributed by atoms with Crippen LogP contribution in [0.25, 0.3) is 28.2 Å². The van der Waals surface area contributed by atoms with Gasteiger partial charge in [0, 0.05) is 10.8 Å². The van der Waals surface area contributed by atoms with Crippen molar-refractivity contribution in [3.8, 4) is 17.4 Å². The van der Waals surface area contributed by atoms with Crippen molar-refractivity contribution in [2.24, 2.45) is 0 Å². The highest BCUT2D eigenvalue weighted by Crippen LogP contribution is 2.27. The van der Waals surface area contributed by atoms with Gasteiger partial charge in [-0.3, -0.25) is 0 Å². The molecular weight excluding hydrogens is 282 g/mol. The lowest BCUT2D eigenvalue weighted by Gasteiger charge is -2.01. The third-order valence-corrected chi connectivity index (χ3v) is 3.16. The van der Waals surface area contributed by atoms with E-state index in [9.17, 15) is 4.79 Å². The Labute approximate surface area is 124 Å². The van der Waals surface area contributed by atoms with Gasteiger partial charge >= 0.3 is 5.97 Å². The van der Waals surface area contributed by atoms with Crippen molar-refractivity contribution in [2.75, 3.05) is 0 Å². The molecule has 2 aromatic carbocycles. The second-order valence-electron chi connectivity index (χ2n) is 4.52. The molecule has 0 aliphatic carbocycles. The number of hydrogen-bond acceptors (Lipinski definition) is 5. The van der Waals surface area contributed by atoms with Crippen molar-refractivity contribution < 1.29 is 14.4 Å². The molecule has 0 saturated heterocycles. The van der Waals surface area contributed by atoms with Crippen LogP contribution in [0.1, 0.15) is 5.69 Å². The lowest BCUT2D eigenvalue weighted by atomic mass is 10.0. The van der Waals surface area contributed by atoms with Crippen molar-refractivity contribution in [3.63, 3.8) is 0 Å². The molecule has 0 saturated carbocycles. The number of carbonyl (C=O) groups is 1.